The molecule has 0 saturated heterocycles. The summed E-state index contributed by atoms with van der Waals surface area (Å²) in [4.78, 5) is 0. The van der Waals surface area contributed by atoms with Gasteiger partial charge in [-0.05, 0) is 24.8 Å². The molecule has 0 heterocycles. The van der Waals surface area contributed by atoms with Gasteiger partial charge >= 0.3 is 10.4 Å². The molecule has 21 heavy (non-hydrogen) atoms. The van der Waals surface area contributed by atoms with Crippen molar-refractivity contribution in [3.63, 3.8) is 0 Å². The third-order valence-electron chi connectivity index (χ3n) is 4.01. The van der Waals surface area contributed by atoms with Crippen LogP contribution in [0.3, 0.4) is 0 Å². The second kappa shape index (κ2) is 12.7. The van der Waals surface area contributed by atoms with Gasteiger partial charge in [-0.15, -0.1) is 0 Å². The van der Waals surface area contributed by atoms with E-state index in [-0.39, 0.29) is 0 Å². The first-order valence-corrected chi connectivity index (χ1v) is 9.91. The lowest BCUT2D eigenvalue weighted by atomic mass is 9.84. The highest BCUT2D eigenvalue weighted by molar-refractivity contribution is 7.80. The molecule has 0 amide bonds. The van der Waals surface area contributed by atoms with Crippen molar-refractivity contribution in [1.82, 2.24) is 5.32 Å². The minimum absolute atomic E-state index is 0.891. The van der Waals surface area contributed by atoms with Gasteiger partial charge in [0.15, 0.2) is 0 Å². The molecule has 128 valence electrons. The molecule has 3 N–H and O–H groups in total. The second-order valence-electron chi connectivity index (χ2n) is 5.73. The monoisotopic (exact) mass is 341 g/mol. The van der Waals surface area contributed by atoms with Gasteiger partial charge in [-0.1, -0.05) is 51.9 Å². The number of hydrogen-bond acceptors (Lipinski definition) is 4. The summed E-state index contributed by atoms with van der Waals surface area (Å²) in [6.45, 7) is 4.58. The number of rotatable bonds is 8. The fourth-order valence-electron chi connectivity index (χ4n) is 2.78. The predicted molar refractivity (Wildman–Crippen MR) is 90.5 cm³/mol. The van der Waals surface area contributed by atoms with E-state index in [0.29, 0.717) is 0 Å². The zero-order valence-corrected chi connectivity index (χ0v) is 14.7. The standard InChI is InChI=1S/C14H29NS.H2O4S/c1-2-13(12-15-10-11-16)8-9-14-6-4-3-5-7-14;1-5(2,3)4/h13-16H,2-12H2,1H3;(H2,1,2,3,4). The Morgan fingerprint density at radius 1 is 1.24 bits per heavy atom. The molecule has 0 aromatic carbocycles. The molecule has 1 unspecified atom stereocenters. The minimum Gasteiger partial charge on any atom is -0.316 e. The van der Waals surface area contributed by atoms with Gasteiger partial charge in [0.1, 0.15) is 0 Å². The highest BCUT2D eigenvalue weighted by Gasteiger charge is 2.15. The van der Waals surface area contributed by atoms with E-state index in [4.69, 9.17) is 17.5 Å². The van der Waals surface area contributed by atoms with Gasteiger partial charge in [-0.25, -0.2) is 0 Å². The highest BCUT2D eigenvalue weighted by Crippen LogP contribution is 2.28. The van der Waals surface area contributed by atoms with Crippen LogP contribution in [0.4, 0.5) is 0 Å². The molecule has 0 bridgehead atoms. The maximum atomic E-state index is 8.74. The Morgan fingerprint density at radius 3 is 2.29 bits per heavy atom. The molecule has 7 heteroatoms. The maximum absolute atomic E-state index is 8.74. The Balaban J connectivity index is 0.000000690. The molecule has 1 aliphatic carbocycles. The minimum atomic E-state index is -4.67. The zero-order chi connectivity index (χ0) is 16.1. The number of hydrogen-bond donors (Lipinski definition) is 4. The van der Waals surface area contributed by atoms with E-state index < -0.39 is 10.4 Å². The van der Waals surface area contributed by atoms with Crippen LogP contribution in [0.2, 0.25) is 0 Å². The summed E-state index contributed by atoms with van der Waals surface area (Å²) in [5.41, 5.74) is 0. The van der Waals surface area contributed by atoms with Gasteiger partial charge in [-0.2, -0.15) is 21.0 Å². The smallest absolute Gasteiger partial charge is 0.316 e. The third-order valence-corrected chi connectivity index (χ3v) is 4.23. The van der Waals surface area contributed by atoms with E-state index in [1.54, 1.807) is 0 Å². The van der Waals surface area contributed by atoms with Gasteiger partial charge in [0.2, 0.25) is 0 Å². The van der Waals surface area contributed by atoms with E-state index in [0.717, 1.165) is 24.1 Å². The molecule has 0 aromatic heterocycles. The van der Waals surface area contributed by atoms with Crippen molar-refractivity contribution >= 4 is 23.0 Å². The SMILES string of the molecule is CCC(CCC1CCCCC1)CNCCS.O=S(=O)(O)O. The fourth-order valence-corrected chi connectivity index (χ4v) is 2.94. The van der Waals surface area contributed by atoms with E-state index >= 15 is 0 Å². The number of thiol groups is 1. The van der Waals surface area contributed by atoms with Crippen LogP contribution in [-0.4, -0.2) is 36.4 Å². The molecule has 1 fully saturated rings. The summed E-state index contributed by atoms with van der Waals surface area (Å²) in [6.07, 6.45) is 11.7. The van der Waals surface area contributed by atoms with Crippen molar-refractivity contribution in [2.75, 3.05) is 18.8 Å². The van der Waals surface area contributed by atoms with Crippen LogP contribution in [0.25, 0.3) is 0 Å². The lowest BCUT2D eigenvalue weighted by Crippen LogP contribution is -2.25. The lowest BCUT2D eigenvalue weighted by molar-refractivity contribution is 0.301. The molecular weight excluding hydrogens is 310 g/mol. The van der Waals surface area contributed by atoms with Crippen molar-refractivity contribution in [1.29, 1.82) is 0 Å². The first-order valence-electron chi connectivity index (χ1n) is 7.88. The quantitative estimate of drug-likeness (QED) is 0.309. The zero-order valence-electron chi connectivity index (χ0n) is 13.0. The summed E-state index contributed by atoms with van der Waals surface area (Å²) in [5.74, 6) is 2.90. The average molecular weight is 342 g/mol. The highest BCUT2D eigenvalue weighted by atomic mass is 32.3. The predicted octanol–water partition coefficient (Wildman–Crippen LogP) is 3.24. The molecule has 0 aliphatic heterocycles. The third kappa shape index (κ3) is 16.4. The summed E-state index contributed by atoms with van der Waals surface area (Å²) in [7, 11) is -4.67. The normalized spacial score (nSPS) is 17.9. The van der Waals surface area contributed by atoms with E-state index in [1.165, 1.54) is 57.9 Å². The van der Waals surface area contributed by atoms with Crippen LogP contribution >= 0.6 is 12.6 Å². The topological polar surface area (TPSA) is 86.6 Å². The first kappa shape index (κ1) is 21.2. The molecule has 1 rings (SSSR count). The van der Waals surface area contributed by atoms with Crippen LogP contribution in [0.1, 0.15) is 58.3 Å². The average Bonchev–Trinajstić information content (AvgIpc) is 2.42. The Morgan fingerprint density at radius 2 is 1.81 bits per heavy atom. The molecule has 0 aromatic rings. The fraction of sp³-hybridized carbons (Fsp3) is 1.00. The maximum Gasteiger partial charge on any atom is 0.394 e. The summed E-state index contributed by atoms with van der Waals surface area (Å²) in [6, 6.07) is 0. The molecule has 5 nitrogen and oxygen atoms in total. The number of nitrogens with one attached hydrogen (secondary N) is 1. The summed E-state index contributed by atoms with van der Waals surface area (Å²) < 4.78 is 31.6. The van der Waals surface area contributed by atoms with Gasteiger partial charge in [-0.3, -0.25) is 9.11 Å². The molecule has 1 atom stereocenters. The Hall–Kier alpha value is 0.180. The molecule has 0 spiro atoms. The molecular formula is C14H31NO4S2. The van der Waals surface area contributed by atoms with Crippen LogP contribution in [0.5, 0.6) is 0 Å². The first-order chi connectivity index (χ1) is 9.86. The van der Waals surface area contributed by atoms with Crippen molar-refractivity contribution < 1.29 is 17.5 Å². The van der Waals surface area contributed by atoms with Gasteiger partial charge in [0.25, 0.3) is 0 Å². The molecule has 1 saturated carbocycles. The Kier molecular flexibility index (Phi) is 12.8. The summed E-state index contributed by atoms with van der Waals surface area (Å²) in [5, 5.41) is 3.50. The molecule has 0 radical (unpaired) electrons. The second-order valence-corrected chi connectivity index (χ2v) is 7.07. The molecule has 1 aliphatic rings. The van der Waals surface area contributed by atoms with Crippen LogP contribution in [-0.2, 0) is 10.4 Å². The van der Waals surface area contributed by atoms with Crippen molar-refractivity contribution in [2.45, 2.75) is 58.3 Å². The lowest BCUT2D eigenvalue weighted by Gasteiger charge is -2.24. The van der Waals surface area contributed by atoms with Gasteiger partial charge < -0.3 is 5.32 Å². The van der Waals surface area contributed by atoms with Crippen LogP contribution in [0, 0.1) is 11.8 Å². The Bertz CT molecular complexity index is 322. The van der Waals surface area contributed by atoms with Crippen molar-refractivity contribution in [3.8, 4) is 0 Å². The van der Waals surface area contributed by atoms with Crippen LogP contribution < -0.4 is 5.32 Å². The van der Waals surface area contributed by atoms with Crippen molar-refractivity contribution in [2.24, 2.45) is 11.8 Å². The van der Waals surface area contributed by atoms with E-state index in [2.05, 4.69) is 24.9 Å². The van der Waals surface area contributed by atoms with Crippen molar-refractivity contribution in [3.05, 3.63) is 0 Å². The van der Waals surface area contributed by atoms with E-state index in [1.807, 2.05) is 0 Å². The summed E-state index contributed by atoms with van der Waals surface area (Å²) >= 11 is 4.23. The van der Waals surface area contributed by atoms with E-state index in [9.17, 15) is 0 Å². The van der Waals surface area contributed by atoms with Gasteiger partial charge in [0.05, 0.1) is 0 Å². The Labute approximate surface area is 135 Å². The van der Waals surface area contributed by atoms with Crippen LogP contribution in [0.15, 0.2) is 0 Å². The van der Waals surface area contributed by atoms with Gasteiger partial charge in [0, 0.05) is 12.3 Å². The largest absolute Gasteiger partial charge is 0.394 e.